The summed E-state index contributed by atoms with van der Waals surface area (Å²) in [4.78, 5) is 14.4. The van der Waals surface area contributed by atoms with E-state index in [1.54, 1.807) is 12.3 Å². The van der Waals surface area contributed by atoms with Gasteiger partial charge in [0.05, 0.1) is 6.54 Å². The molecule has 1 rings (SSSR count). The average Bonchev–Trinajstić information content (AvgIpc) is 2.33. The second kappa shape index (κ2) is 7.55. The second-order valence-electron chi connectivity index (χ2n) is 4.00. The number of rotatable bonds is 6. The minimum absolute atomic E-state index is 0.455. The van der Waals surface area contributed by atoms with Gasteiger partial charge in [0, 0.05) is 12.6 Å². The minimum atomic E-state index is 0.455. The van der Waals surface area contributed by atoms with Gasteiger partial charge in [-0.25, -0.2) is 0 Å². The Bertz CT molecular complexity index is 419. The maximum absolute atomic E-state index is 10.1. The van der Waals surface area contributed by atoms with Crippen molar-refractivity contribution in [2.45, 2.75) is 33.2 Å². The molecule has 2 heteroatoms. The lowest BCUT2D eigenvalue weighted by Crippen LogP contribution is -1.88. The largest absolute Gasteiger partial charge is 0.303 e. The van der Waals surface area contributed by atoms with E-state index in [2.05, 4.69) is 37.0 Å². The zero-order chi connectivity index (χ0) is 12.5. The quantitative estimate of drug-likeness (QED) is 0.543. The Morgan fingerprint density at radius 2 is 2.00 bits per heavy atom. The number of aldehydes is 1. The summed E-state index contributed by atoms with van der Waals surface area (Å²) in [5.74, 6) is 0. The third-order valence-corrected chi connectivity index (χ3v) is 2.44. The number of nitrogens with zero attached hydrogens (tertiary/aromatic N) is 1. The van der Waals surface area contributed by atoms with E-state index >= 15 is 0 Å². The summed E-state index contributed by atoms with van der Waals surface area (Å²) in [5, 5.41) is 0. The molecule has 0 aromatic heterocycles. The summed E-state index contributed by atoms with van der Waals surface area (Å²) in [6, 6.07) is 6.56. The SMILES string of the molecule is CCc1cc(C)cc(CN=C/C=C\CC=O)c1. The molecule has 0 aliphatic carbocycles. The summed E-state index contributed by atoms with van der Waals surface area (Å²) in [7, 11) is 0. The van der Waals surface area contributed by atoms with Gasteiger partial charge < -0.3 is 4.79 Å². The molecule has 0 atom stereocenters. The fourth-order valence-corrected chi connectivity index (χ4v) is 1.66. The van der Waals surface area contributed by atoms with Gasteiger partial charge in [-0.3, -0.25) is 4.99 Å². The van der Waals surface area contributed by atoms with Crippen LogP contribution in [-0.4, -0.2) is 12.5 Å². The summed E-state index contributed by atoms with van der Waals surface area (Å²) >= 11 is 0. The Labute approximate surface area is 103 Å². The predicted octanol–water partition coefficient (Wildman–Crippen LogP) is 3.27. The lowest BCUT2D eigenvalue weighted by molar-refractivity contribution is -0.107. The fraction of sp³-hybridized carbons (Fsp3) is 0.333. The second-order valence-corrected chi connectivity index (χ2v) is 4.00. The fourth-order valence-electron chi connectivity index (χ4n) is 1.66. The molecular formula is C15H19NO. The van der Waals surface area contributed by atoms with Crippen LogP contribution in [0.25, 0.3) is 0 Å². The molecule has 1 aromatic rings. The molecule has 2 nitrogen and oxygen atoms in total. The third-order valence-electron chi connectivity index (χ3n) is 2.44. The van der Waals surface area contributed by atoms with Gasteiger partial charge >= 0.3 is 0 Å². The highest BCUT2D eigenvalue weighted by Crippen LogP contribution is 2.11. The Balaban J connectivity index is 2.56. The molecule has 0 aliphatic rings. The minimum Gasteiger partial charge on any atom is -0.303 e. The highest BCUT2D eigenvalue weighted by atomic mass is 16.1. The van der Waals surface area contributed by atoms with Crippen molar-refractivity contribution in [3.05, 3.63) is 47.0 Å². The van der Waals surface area contributed by atoms with E-state index in [1.807, 2.05) is 6.08 Å². The Kier molecular flexibility index (Phi) is 5.94. The van der Waals surface area contributed by atoms with Gasteiger partial charge in [0.15, 0.2) is 0 Å². The zero-order valence-electron chi connectivity index (χ0n) is 10.5. The normalized spacial score (nSPS) is 11.4. The van der Waals surface area contributed by atoms with Gasteiger partial charge in [0.1, 0.15) is 6.29 Å². The summed E-state index contributed by atoms with van der Waals surface area (Å²) in [6.45, 7) is 4.96. The van der Waals surface area contributed by atoms with Gasteiger partial charge in [-0.2, -0.15) is 0 Å². The summed E-state index contributed by atoms with van der Waals surface area (Å²) in [5.41, 5.74) is 3.87. The van der Waals surface area contributed by atoms with E-state index < -0.39 is 0 Å². The van der Waals surface area contributed by atoms with Crippen molar-refractivity contribution < 1.29 is 4.79 Å². The van der Waals surface area contributed by atoms with E-state index in [9.17, 15) is 4.79 Å². The smallest absolute Gasteiger partial charge is 0.123 e. The van der Waals surface area contributed by atoms with Crippen molar-refractivity contribution >= 4 is 12.5 Å². The lowest BCUT2D eigenvalue weighted by Gasteiger charge is -2.03. The molecule has 0 spiro atoms. The molecule has 0 saturated carbocycles. The van der Waals surface area contributed by atoms with Crippen molar-refractivity contribution in [3.63, 3.8) is 0 Å². The number of hydrogen-bond acceptors (Lipinski definition) is 2. The topological polar surface area (TPSA) is 29.4 Å². The van der Waals surface area contributed by atoms with Crippen molar-refractivity contribution in [2.24, 2.45) is 4.99 Å². The van der Waals surface area contributed by atoms with E-state index in [0.717, 1.165) is 12.7 Å². The molecule has 0 saturated heterocycles. The molecule has 0 aliphatic heterocycles. The van der Waals surface area contributed by atoms with Gasteiger partial charge in [0.25, 0.3) is 0 Å². The van der Waals surface area contributed by atoms with Crippen LogP contribution in [0.1, 0.15) is 30.0 Å². The number of benzene rings is 1. The predicted molar refractivity (Wildman–Crippen MR) is 72.6 cm³/mol. The number of allylic oxidation sites excluding steroid dienone is 2. The van der Waals surface area contributed by atoms with Crippen LogP contribution in [0.15, 0.2) is 35.3 Å². The van der Waals surface area contributed by atoms with Crippen molar-refractivity contribution in [2.75, 3.05) is 0 Å². The first-order chi connectivity index (χ1) is 8.26. The maximum atomic E-state index is 10.1. The number of carbonyl (C=O) groups is 1. The van der Waals surface area contributed by atoms with Crippen LogP contribution in [0.3, 0.4) is 0 Å². The van der Waals surface area contributed by atoms with Crippen molar-refractivity contribution in [3.8, 4) is 0 Å². The number of carbonyl (C=O) groups excluding carboxylic acids is 1. The van der Waals surface area contributed by atoms with E-state index in [-0.39, 0.29) is 0 Å². The average molecular weight is 229 g/mol. The van der Waals surface area contributed by atoms with Gasteiger partial charge in [-0.15, -0.1) is 0 Å². The summed E-state index contributed by atoms with van der Waals surface area (Å²) < 4.78 is 0. The monoisotopic (exact) mass is 229 g/mol. The van der Waals surface area contributed by atoms with Crippen molar-refractivity contribution in [1.82, 2.24) is 0 Å². The molecule has 0 fully saturated rings. The highest BCUT2D eigenvalue weighted by Gasteiger charge is 1.95. The lowest BCUT2D eigenvalue weighted by atomic mass is 10.1. The molecule has 0 N–H and O–H groups in total. The van der Waals surface area contributed by atoms with Crippen LogP contribution in [0.4, 0.5) is 0 Å². The molecule has 0 unspecified atom stereocenters. The number of hydrogen-bond donors (Lipinski definition) is 0. The Hall–Kier alpha value is -1.70. The standard InChI is InChI=1S/C15H19NO/c1-3-14-9-13(2)10-15(11-14)12-16-7-5-4-6-8-17/h4-5,7-11H,3,6,12H2,1-2H3/b5-4-,16-7?. The molecule has 1 aromatic carbocycles. The van der Waals surface area contributed by atoms with Gasteiger partial charge in [0.2, 0.25) is 0 Å². The molecule has 17 heavy (non-hydrogen) atoms. The summed E-state index contributed by atoms with van der Waals surface area (Å²) in [6.07, 6.45) is 7.74. The van der Waals surface area contributed by atoms with Crippen LogP contribution in [-0.2, 0) is 17.8 Å². The molecule has 0 bridgehead atoms. The third kappa shape index (κ3) is 5.25. The van der Waals surface area contributed by atoms with Crippen LogP contribution in [0, 0.1) is 6.92 Å². The zero-order valence-corrected chi connectivity index (χ0v) is 10.5. The highest BCUT2D eigenvalue weighted by molar-refractivity contribution is 5.71. The molecule has 90 valence electrons. The number of aryl methyl sites for hydroxylation is 2. The molecule has 0 radical (unpaired) electrons. The first-order valence-corrected chi connectivity index (χ1v) is 5.94. The molecule has 0 amide bonds. The first kappa shape index (κ1) is 13.4. The van der Waals surface area contributed by atoms with Gasteiger partial charge in [-0.05, 0) is 30.5 Å². The molecular weight excluding hydrogens is 210 g/mol. The number of aliphatic imine (C=N–C) groups is 1. The van der Waals surface area contributed by atoms with E-state index in [4.69, 9.17) is 0 Å². The van der Waals surface area contributed by atoms with E-state index in [0.29, 0.717) is 13.0 Å². The van der Waals surface area contributed by atoms with Crippen molar-refractivity contribution in [1.29, 1.82) is 0 Å². The first-order valence-electron chi connectivity index (χ1n) is 5.94. The van der Waals surface area contributed by atoms with Crippen LogP contribution < -0.4 is 0 Å². The van der Waals surface area contributed by atoms with Crippen LogP contribution in [0.2, 0.25) is 0 Å². The van der Waals surface area contributed by atoms with Crippen LogP contribution in [0.5, 0.6) is 0 Å². The van der Waals surface area contributed by atoms with Gasteiger partial charge in [-0.1, -0.05) is 36.8 Å². The maximum Gasteiger partial charge on any atom is 0.123 e. The van der Waals surface area contributed by atoms with Crippen LogP contribution >= 0.6 is 0 Å². The molecule has 0 heterocycles. The van der Waals surface area contributed by atoms with E-state index in [1.165, 1.54) is 16.7 Å². The Morgan fingerprint density at radius 1 is 1.24 bits per heavy atom. The Morgan fingerprint density at radius 3 is 2.71 bits per heavy atom.